The van der Waals surface area contributed by atoms with Gasteiger partial charge in [0.1, 0.15) is 0 Å². The molecule has 22 heavy (non-hydrogen) atoms. The number of nitrogens with zero attached hydrogens (tertiary/aromatic N) is 2. The number of anilines is 2. The third-order valence-electron chi connectivity index (χ3n) is 3.89. The maximum atomic E-state index is 12.7. The van der Waals surface area contributed by atoms with E-state index in [0.29, 0.717) is 0 Å². The van der Waals surface area contributed by atoms with Crippen LogP contribution in [0.5, 0.6) is 0 Å². The lowest BCUT2D eigenvalue weighted by atomic mass is 10.2. The Bertz CT molecular complexity index is 668. The number of carbonyl (C=O) groups excluding carboxylic acids is 1. The second kappa shape index (κ2) is 5.66. The van der Waals surface area contributed by atoms with E-state index in [2.05, 4.69) is 0 Å². The minimum atomic E-state index is -0.331. The molecule has 1 amide bonds. The Balaban J connectivity index is 1.72. The first-order chi connectivity index (χ1) is 10.8. The molecule has 0 saturated carbocycles. The smallest absolute Gasteiger partial charge is 0.350 e. The SMILES string of the molecule is O=C(ON1CCCC1)N1c2ccccc2Sc2ccccc21. The molecule has 112 valence electrons. The highest BCUT2D eigenvalue weighted by Gasteiger charge is 2.30. The van der Waals surface area contributed by atoms with Gasteiger partial charge in [-0.3, -0.25) is 0 Å². The third-order valence-corrected chi connectivity index (χ3v) is 5.02. The standard InChI is InChI=1S/C17H16N2O2S/c20-17(21-18-11-5-6-12-18)19-13-7-1-3-9-15(13)22-16-10-4-2-8-14(16)19/h1-4,7-10H,5-6,11-12H2. The number of para-hydroxylation sites is 2. The van der Waals surface area contributed by atoms with Gasteiger partial charge in [0.05, 0.1) is 11.4 Å². The molecule has 0 atom stereocenters. The first kappa shape index (κ1) is 13.7. The zero-order valence-electron chi connectivity index (χ0n) is 12.1. The number of hydroxylamine groups is 2. The monoisotopic (exact) mass is 312 g/mol. The number of hydrogen-bond acceptors (Lipinski definition) is 4. The van der Waals surface area contributed by atoms with E-state index in [0.717, 1.165) is 47.1 Å². The normalized spacial score (nSPS) is 17.0. The van der Waals surface area contributed by atoms with Crippen molar-refractivity contribution in [1.82, 2.24) is 5.06 Å². The van der Waals surface area contributed by atoms with Crippen LogP contribution in [-0.4, -0.2) is 24.2 Å². The predicted octanol–water partition coefficient (Wildman–Crippen LogP) is 4.44. The minimum Gasteiger partial charge on any atom is -0.350 e. The number of rotatable bonds is 1. The molecular formula is C17H16N2O2S. The molecule has 0 unspecified atom stereocenters. The Kier molecular flexibility index (Phi) is 3.52. The van der Waals surface area contributed by atoms with Crippen LogP contribution in [0.3, 0.4) is 0 Å². The van der Waals surface area contributed by atoms with Crippen LogP contribution in [0.4, 0.5) is 16.2 Å². The Hall–Kier alpha value is -1.98. The molecule has 1 fully saturated rings. The molecule has 0 radical (unpaired) electrons. The van der Waals surface area contributed by atoms with Crippen molar-refractivity contribution in [3.63, 3.8) is 0 Å². The predicted molar refractivity (Wildman–Crippen MR) is 86.4 cm³/mol. The van der Waals surface area contributed by atoms with Gasteiger partial charge in [-0.25, -0.2) is 9.69 Å². The van der Waals surface area contributed by atoms with Gasteiger partial charge in [-0.15, -0.1) is 5.06 Å². The zero-order chi connectivity index (χ0) is 14.9. The Labute approximate surface area is 133 Å². The second-order valence-corrected chi connectivity index (χ2v) is 6.45. The van der Waals surface area contributed by atoms with Crippen molar-refractivity contribution in [3.8, 4) is 0 Å². The van der Waals surface area contributed by atoms with Crippen LogP contribution in [0.2, 0.25) is 0 Å². The van der Waals surface area contributed by atoms with Gasteiger partial charge in [-0.2, -0.15) is 0 Å². The van der Waals surface area contributed by atoms with Crippen LogP contribution in [0, 0.1) is 0 Å². The summed E-state index contributed by atoms with van der Waals surface area (Å²) >= 11 is 1.68. The number of fused-ring (bicyclic) bond motifs is 2. The molecule has 2 heterocycles. The van der Waals surface area contributed by atoms with Crippen molar-refractivity contribution in [2.24, 2.45) is 0 Å². The van der Waals surface area contributed by atoms with Gasteiger partial charge >= 0.3 is 6.09 Å². The number of carbonyl (C=O) groups is 1. The fraction of sp³-hybridized carbons (Fsp3) is 0.235. The van der Waals surface area contributed by atoms with E-state index in [1.54, 1.807) is 21.7 Å². The molecule has 5 heteroatoms. The van der Waals surface area contributed by atoms with Gasteiger partial charge < -0.3 is 4.84 Å². The molecule has 2 aliphatic rings. The van der Waals surface area contributed by atoms with Crippen LogP contribution in [0.25, 0.3) is 0 Å². The zero-order valence-corrected chi connectivity index (χ0v) is 12.9. The van der Waals surface area contributed by atoms with E-state index < -0.39 is 0 Å². The summed E-state index contributed by atoms with van der Waals surface area (Å²) in [5.74, 6) is 0. The summed E-state index contributed by atoms with van der Waals surface area (Å²) < 4.78 is 0. The quantitative estimate of drug-likeness (QED) is 0.779. The minimum absolute atomic E-state index is 0.331. The average Bonchev–Trinajstić information content (AvgIpc) is 3.05. The Morgan fingerprint density at radius 3 is 2.05 bits per heavy atom. The molecule has 4 nitrogen and oxygen atoms in total. The first-order valence-electron chi connectivity index (χ1n) is 7.46. The molecule has 0 aliphatic carbocycles. The van der Waals surface area contributed by atoms with E-state index in [1.165, 1.54) is 0 Å². The van der Waals surface area contributed by atoms with Gasteiger partial charge in [0.2, 0.25) is 0 Å². The molecule has 1 saturated heterocycles. The summed E-state index contributed by atoms with van der Waals surface area (Å²) in [6.07, 6.45) is 1.83. The van der Waals surface area contributed by atoms with Crippen molar-refractivity contribution >= 4 is 29.2 Å². The molecule has 4 rings (SSSR count). The van der Waals surface area contributed by atoms with E-state index in [1.807, 2.05) is 48.5 Å². The maximum absolute atomic E-state index is 12.7. The van der Waals surface area contributed by atoms with Crippen LogP contribution in [-0.2, 0) is 4.84 Å². The van der Waals surface area contributed by atoms with Crippen molar-refractivity contribution < 1.29 is 9.63 Å². The largest absolute Gasteiger partial charge is 0.438 e. The van der Waals surface area contributed by atoms with Gasteiger partial charge in [0.15, 0.2) is 0 Å². The van der Waals surface area contributed by atoms with E-state index in [4.69, 9.17) is 4.84 Å². The van der Waals surface area contributed by atoms with E-state index in [-0.39, 0.29) is 6.09 Å². The average molecular weight is 312 g/mol. The lowest BCUT2D eigenvalue weighted by Crippen LogP contribution is -2.34. The van der Waals surface area contributed by atoms with Gasteiger partial charge in [-0.1, -0.05) is 36.0 Å². The molecule has 0 N–H and O–H groups in total. The number of hydrogen-bond donors (Lipinski definition) is 0. The molecule has 2 aromatic carbocycles. The summed E-state index contributed by atoms with van der Waals surface area (Å²) in [6, 6.07) is 15.9. The summed E-state index contributed by atoms with van der Waals surface area (Å²) in [7, 11) is 0. The van der Waals surface area contributed by atoms with E-state index >= 15 is 0 Å². The number of amides is 1. The van der Waals surface area contributed by atoms with Gasteiger partial charge in [0.25, 0.3) is 0 Å². The molecular weight excluding hydrogens is 296 g/mol. The second-order valence-electron chi connectivity index (χ2n) is 5.37. The summed E-state index contributed by atoms with van der Waals surface area (Å²) in [5.41, 5.74) is 1.77. The summed E-state index contributed by atoms with van der Waals surface area (Å²) in [5, 5.41) is 1.76. The van der Waals surface area contributed by atoms with Crippen LogP contribution < -0.4 is 4.90 Å². The first-order valence-corrected chi connectivity index (χ1v) is 8.27. The Morgan fingerprint density at radius 2 is 1.45 bits per heavy atom. The van der Waals surface area contributed by atoms with Gasteiger partial charge in [-0.05, 0) is 37.1 Å². The molecule has 2 aromatic rings. The van der Waals surface area contributed by atoms with Crippen molar-refractivity contribution in [2.45, 2.75) is 22.6 Å². The Morgan fingerprint density at radius 1 is 0.909 bits per heavy atom. The number of benzene rings is 2. The molecule has 0 bridgehead atoms. The van der Waals surface area contributed by atoms with Gasteiger partial charge in [0, 0.05) is 22.9 Å². The van der Waals surface area contributed by atoms with Crippen molar-refractivity contribution in [3.05, 3.63) is 48.5 Å². The van der Waals surface area contributed by atoms with Crippen LogP contribution in [0.15, 0.2) is 58.3 Å². The fourth-order valence-electron chi connectivity index (χ4n) is 2.83. The topological polar surface area (TPSA) is 32.8 Å². The highest BCUT2D eigenvalue weighted by molar-refractivity contribution is 7.99. The fourth-order valence-corrected chi connectivity index (χ4v) is 3.89. The molecule has 2 aliphatic heterocycles. The van der Waals surface area contributed by atoms with Crippen molar-refractivity contribution in [2.75, 3.05) is 18.0 Å². The highest BCUT2D eigenvalue weighted by atomic mass is 32.2. The van der Waals surface area contributed by atoms with Crippen LogP contribution >= 0.6 is 11.8 Å². The lowest BCUT2D eigenvalue weighted by molar-refractivity contribution is -0.0762. The lowest BCUT2D eigenvalue weighted by Gasteiger charge is -2.31. The van der Waals surface area contributed by atoms with Crippen LogP contribution in [0.1, 0.15) is 12.8 Å². The highest BCUT2D eigenvalue weighted by Crippen LogP contribution is 2.48. The summed E-state index contributed by atoms with van der Waals surface area (Å²) in [6.45, 7) is 1.63. The van der Waals surface area contributed by atoms with Crippen molar-refractivity contribution in [1.29, 1.82) is 0 Å². The summed E-state index contributed by atoms with van der Waals surface area (Å²) in [4.78, 5) is 22.1. The molecule has 0 spiro atoms. The van der Waals surface area contributed by atoms with E-state index in [9.17, 15) is 4.79 Å². The third kappa shape index (κ3) is 2.36. The molecule has 0 aromatic heterocycles. The maximum Gasteiger partial charge on any atom is 0.438 e.